The van der Waals surface area contributed by atoms with Gasteiger partial charge >= 0.3 is 5.82 Å². The monoisotopic (exact) mass is 285 g/mol. The number of hydrogen-bond acceptors (Lipinski definition) is 5. The first-order chi connectivity index (χ1) is 9.99. The smallest absolute Gasteiger partial charge is 0.342 e. The quantitative estimate of drug-likeness (QED) is 0.516. The van der Waals surface area contributed by atoms with Gasteiger partial charge in [0.25, 0.3) is 0 Å². The maximum absolute atomic E-state index is 12.3. The van der Waals surface area contributed by atoms with Gasteiger partial charge in [0.15, 0.2) is 5.78 Å². The number of Topliss-reactive ketones (excluding diaryl/α,β-unsaturated/α-hetero) is 1. The molecule has 0 atom stereocenters. The summed E-state index contributed by atoms with van der Waals surface area (Å²) in [5.41, 5.74) is 1.50. The van der Waals surface area contributed by atoms with Gasteiger partial charge in [0.05, 0.1) is 12.6 Å². The van der Waals surface area contributed by atoms with Gasteiger partial charge in [-0.25, -0.2) is 9.55 Å². The number of rotatable bonds is 2. The van der Waals surface area contributed by atoms with Crippen molar-refractivity contribution in [3.8, 4) is 5.75 Å². The summed E-state index contributed by atoms with van der Waals surface area (Å²) in [6, 6.07) is 4.91. The number of carbonyl (C=O) groups is 1. The summed E-state index contributed by atoms with van der Waals surface area (Å²) < 4.78 is 1.31. The van der Waals surface area contributed by atoms with Crippen LogP contribution in [0.15, 0.2) is 30.0 Å². The summed E-state index contributed by atoms with van der Waals surface area (Å²) in [6.07, 6.45) is 3.05. The van der Waals surface area contributed by atoms with Gasteiger partial charge in [-0.1, -0.05) is 12.1 Å². The van der Waals surface area contributed by atoms with E-state index in [1.807, 2.05) is 0 Å². The lowest BCUT2D eigenvalue weighted by atomic mass is 10.1. The zero-order valence-electron chi connectivity index (χ0n) is 11.1. The van der Waals surface area contributed by atoms with Gasteiger partial charge in [-0.15, -0.1) is 0 Å². The van der Waals surface area contributed by atoms with Gasteiger partial charge in [-0.2, -0.15) is 0 Å². The van der Waals surface area contributed by atoms with Crippen molar-refractivity contribution in [2.24, 2.45) is 7.05 Å². The zero-order chi connectivity index (χ0) is 15.1. The molecule has 1 aromatic carbocycles. The molecule has 106 valence electrons. The maximum atomic E-state index is 12.3. The Labute approximate surface area is 119 Å². The molecular formula is C14H11N3O4. The largest absolute Gasteiger partial charge is 0.507 e. The molecule has 1 aliphatic rings. The highest BCUT2D eigenvalue weighted by Gasteiger charge is 2.28. The van der Waals surface area contributed by atoms with E-state index in [4.69, 9.17) is 0 Å². The molecule has 3 rings (SSSR count). The maximum Gasteiger partial charge on any atom is 0.342 e. The van der Waals surface area contributed by atoms with Crippen LogP contribution in [0, 0.1) is 10.1 Å². The number of imidazole rings is 1. The molecule has 0 fully saturated rings. The van der Waals surface area contributed by atoms with Crippen LogP contribution in [0.1, 0.15) is 21.7 Å². The lowest BCUT2D eigenvalue weighted by Crippen LogP contribution is -2.01. The van der Waals surface area contributed by atoms with Crippen molar-refractivity contribution in [1.82, 2.24) is 9.55 Å². The second kappa shape index (κ2) is 4.55. The standard InChI is InChI=1S/C14H11N3O4/c1-16-11(15-7-12(16)17(20)21)6-9-5-8-3-2-4-10(18)13(8)14(9)19/h2-4,6-7,18H,5H2,1H3. The van der Waals surface area contributed by atoms with E-state index in [0.717, 1.165) is 11.8 Å². The number of ketones is 1. The SMILES string of the molecule is Cn1c([N+](=O)[O-])cnc1C=C1Cc2cccc(O)c2C1=O. The summed E-state index contributed by atoms with van der Waals surface area (Å²) in [7, 11) is 1.52. The molecule has 1 aliphatic carbocycles. The molecule has 0 spiro atoms. The van der Waals surface area contributed by atoms with Crippen LogP contribution in [0.4, 0.5) is 5.82 Å². The first kappa shape index (κ1) is 13.0. The Morgan fingerprint density at radius 3 is 2.86 bits per heavy atom. The number of allylic oxidation sites excluding steroid dienone is 1. The number of benzene rings is 1. The molecule has 21 heavy (non-hydrogen) atoms. The van der Waals surface area contributed by atoms with Crippen molar-refractivity contribution in [2.75, 3.05) is 0 Å². The molecule has 0 radical (unpaired) electrons. The highest BCUT2D eigenvalue weighted by Crippen LogP contribution is 2.33. The molecule has 1 aromatic heterocycles. The summed E-state index contributed by atoms with van der Waals surface area (Å²) >= 11 is 0. The van der Waals surface area contributed by atoms with Crippen molar-refractivity contribution in [2.45, 2.75) is 6.42 Å². The minimum absolute atomic E-state index is 0.0493. The molecular weight excluding hydrogens is 274 g/mol. The fourth-order valence-electron chi connectivity index (χ4n) is 2.43. The van der Waals surface area contributed by atoms with E-state index in [2.05, 4.69) is 4.98 Å². The summed E-state index contributed by atoms with van der Waals surface area (Å²) in [5, 5.41) is 20.5. The highest BCUT2D eigenvalue weighted by molar-refractivity contribution is 6.16. The third-order valence-corrected chi connectivity index (χ3v) is 3.52. The number of phenols is 1. The van der Waals surface area contributed by atoms with E-state index in [0.29, 0.717) is 23.4 Å². The lowest BCUT2D eigenvalue weighted by molar-refractivity contribution is -0.391. The minimum Gasteiger partial charge on any atom is -0.507 e. The van der Waals surface area contributed by atoms with Gasteiger partial charge in [0.2, 0.25) is 5.82 Å². The Hall–Kier alpha value is -2.96. The highest BCUT2D eigenvalue weighted by atomic mass is 16.6. The van der Waals surface area contributed by atoms with Crippen LogP contribution in [0.25, 0.3) is 6.08 Å². The molecule has 0 bridgehead atoms. The first-order valence-electron chi connectivity index (χ1n) is 6.21. The van der Waals surface area contributed by atoms with Gasteiger partial charge in [0, 0.05) is 18.1 Å². The fraction of sp³-hybridized carbons (Fsp3) is 0.143. The molecule has 1 N–H and O–H groups in total. The normalized spacial score (nSPS) is 15.5. The van der Waals surface area contributed by atoms with Gasteiger partial charge in [0.1, 0.15) is 11.9 Å². The molecule has 7 heteroatoms. The second-order valence-electron chi connectivity index (χ2n) is 4.78. The molecule has 1 heterocycles. The lowest BCUT2D eigenvalue weighted by Gasteiger charge is -1.98. The molecule has 0 amide bonds. The molecule has 0 aliphatic heterocycles. The molecule has 7 nitrogen and oxygen atoms in total. The van der Waals surface area contributed by atoms with E-state index < -0.39 is 4.92 Å². The average Bonchev–Trinajstić information content (AvgIpc) is 2.94. The van der Waals surface area contributed by atoms with Gasteiger partial charge in [-0.05, 0) is 16.6 Å². The van der Waals surface area contributed by atoms with Gasteiger partial charge in [-0.3, -0.25) is 4.79 Å². The number of carbonyl (C=O) groups excluding carboxylic acids is 1. The van der Waals surface area contributed by atoms with Crippen molar-refractivity contribution >= 4 is 17.7 Å². The topological polar surface area (TPSA) is 98.3 Å². The number of nitro groups is 1. The predicted octanol–water partition coefficient (Wildman–Crippen LogP) is 1.86. The Bertz CT molecular complexity index is 805. The number of fused-ring (bicyclic) bond motifs is 1. The number of hydrogen-bond donors (Lipinski definition) is 1. The van der Waals surface area contributed by atoms with Crippen LogP contribution in [0.2, 0.25) is 0 Å². The van der Waals surface area contributed by atoms with Crippen LogP contribution >= 0.6 is 0 Å². The first-order valence-corrected chi connectivity index (χ1v) is 6.21. The van der Waals surface area contributed by atoms with E-state index in [1.54, 1.807) is 12.1 Å². The zero-order valence-corrected chi connectivity index (χ0v) is 11.1. The Morgan fingerprint density at radius 1 is 1.48 bits per heavy atom. The molecule has 0 saturated heterocycles. The van der Waals surface area contributed by atoms with Crippen molar-refractivity contribution in [3.63, 3.8) is 0 Å². The van der Waals surface area contributed by atoms with Crippen LogP contribution in [-0.4, -0.2) is 25.4 Å². The Kier molecular flexibility index (Phi) is 2.83. The third-order valence-electron chi connectivity index (χ3n) is 3.52. The van der Waals surface area contributed by atoms with Crippen molar-refractivity contribution in [1.29, 1.82) is 0 Å². The summed E-state index contributed by atoms with van der Waals surface area (Å²) in [4.78, 5) is 26.5. The molecule has 0 unspecified atom stereocenters. The van der Waals surface area contributed by atoms with Crippen molar-refractivity contribution in [3.05, 3.63) is 57.0 Å². The number of nitrogens with zero attached hydrogens (tertiary/aromatic N) is 3. The van der Waals surface area contributed by atoms with E-state index in [-0.39, 0.29) is 17.4 Å². The number of aromatic nitrogens is 2. The predicted molar refractivity (Wildman–Crippen MR) is 74.0 cm³/mol. The second-order valence-corrected chi connectivity index (χ2v) is 4.78. The number of phenolic OH excluding ortho intramolecular Hbond substituents is 1. The van der Waals surface area contributed by atoms with Gasteiger partial charge < -0.3 is 15.2 Å². The molecule has 2 aromatic rings. The van der Waals surface area contributed by atoms with Crippen molar-refractivity contribution < 1.29 is 14.8 Å². The minimum atomic E-state index is -0.536. The summed E-state index contributed by atoms with van der Waals surface area (Å²) in [6.45, 7) is 0. The summed E-state index contributed by atoms with van der Waals surface area (Å²) in [5.74, 6) is -0.134. The van der Waals surface area contributed by atoms with Crippen LogP contribution in [0.5, 0.6) is 5.75 Å². The van der Waals surface area contributed by atoms with Crippen LogP contribution < -0.4 is 0 Å². The van der Waals surface area contributed by atoms with Crippen LogP contribution in [-0.2, 0) is 13.5 Å². The van der Waals surface area contributed by atoms with Crippen LogP contribution in [0.3, 0.4) is 0 Å². The van der Waals surface area contributed by atoms with E-state index >= 15 is 0 Å². The third kappa shape index (κ3) is 1.99. The molecule has 0 saturated carbocycles. The van der Waals surface area contributed by atoms with E-state index in [1.165, 1.54) is 23.8 Å². The Balaban J connectivity index is 2.02. The Morgan fingerprint density at radius 2 is 2.24 bits per heavy atom. The fourth-order valence-corrected chi connectivity index (χ4v) is 2.43. The average molecular weight is 285 g/mol. The van der Waals surface area contributed by atoms with E-state index in [9.17, 15) is 20.0 Å². The number of aromatic hydroxyl groups is 1.